The second-order valence-corrected chi connectivity index (χ2v) is 8.69. The van der Waals surface area contributed by atoms with Gasteiger partial charge in [0.05, 0.1) is 12.5 Å². The molecule has 2 amide bonds. The fourth-order valence-electron chi connectivity index (χ4n) is 3.80. The van der Waals surface area contributed by atoms with Gasteiger partial charge in [-0.15, -0.1) is 0 Å². The van der Waals surface area contributed by atoms with E-state index in [0.29, 0.717) is 12.8 Å². The summed E-state index contributed by atoms with van der Waals surface area (Å²) in [6.07, 6.45) is -0.116. The van der Waals surface area contributed by atoms with E-state index in [1.807, 2.05) is 0 Å². The smallest absolute Gasteiger partial charge is 0.435 e. The topological polar surface area (TPSA) is 88.5 Å². The van der Waals surface area contributed by atoms with E-state index in [0.717, 1.165) is 17.8 Å². The number of hydrogen-bond acceptors (Lipinski definition) is 5. The molecule has 6 nitrogen and oxygen atoms in total. The van der Waals surface area contributed by atoms with E-state index in [2.05, 4.69) is 0 Å². The molecule has 152 valence electrons. The van der Waals surface area contributed by atoms with E-state index < -0.39 is 39.3 Å². The largest absolute Gasteiger partial charge is 0.521 e. The van der Waals surface area contributed by atoms with E-state index in [9.17, 15) is 28.7 Å². The van der Waals surface area contributed by atoms with Crippen molar-refractivity contribution in [1.29, 1.82) is 0 Å². The number of quaternary nitrogens is 1. The molecule has 1 aliphatic heterocycles. The lowest BCUT2D eigenvalue weighted by Crippen LogP contribution is -2.61. The molecule has 0 aliphatic carbocycles. The van der Waals surface area contributed by atoms with Crippen molar-refractivity contribution in [2.45, 2.75) is 51.3 Å². The van der Waals surface area contributed by atoms with Crippen LogP contribution in [0.25, 0.3) is 0 Å². The number of carbonyl (C=O) groups is 4. The van der Waals surface area contributed by atoms with Crippen LogP contribution in [-0.4, -0.2) is 50.3 Å². The molecule has 0 spiro atoms. The second kappa shape index (κ2) is 8.96. The molecular weight excluding hydrogens is 385 g/mol. The van der Waals surface area contributed by atoms with Crippen molar-refractivity contribution in [3.63, 3.8) is 0 Å². The highest BCUT2D eigenvalue weighted by Gasteiger charge is 2.55. The summed E-state index contributed by atoms with van der Waals surface area (Å²) < 4.78 is 12.7. The summed E-state index contributed by atoms with van der Waals surface area (Å²) in [7, 11) is 0. The zero-order valence-electron chi connectivity index (χ0n) is 16.2. The maximum absolute atomic E-state index is 13.4. The Bertz CT molecular complexity index is 799. The first-order chi connectivity index (χ1) is 13.1. The first-order valence-corrected chi connectivity index (χ1v) is 10.1. The van der Waals surface area contributed by atoms with Gasteiger partial charge in [0.25, 0.3) is 0 Å². The quantitative estimate of drug-likeness (QED) is 0.565. The summed E-state index contributed by atoms with van der Waals surface area (Å²) in [6, 6.07) is 4.86. The molecule has 0 bridgehead atoms. The number of hydrogen-bond donors (Lipinski definition) is 1. The maximum atomic E-state index is 13.4. The first kappa shape index (κ1) is 22.2. The molecule has 1 saturated heterocycles. The molecule has 1 heterocycles. The van der Waals surface area contributed by atoms with Crippen LogP contribution in [0.1, 0.15) is 50.4 Å². The highest BCUT2D eigenvalue weighted by Crippen LogP contribution is 2.34. The zero-order chi connectivity index (χ0) is 21.1. The molecule has 2 rings (SSSR count). The molecule has 0 aromatic heterocycles. The summed E-state index contributed by atoms with van der Waals surface area (Å²) in [5, 5.41) is 8.79. The van der Waals surface area contributed by atoms with Gasteiger partial charge in [0, 0.05) is 37.0 Å². The Morgan fingerprint density at radius 2 is 2.00 bits per heavy atom. The van der Waals surface area contributed by atoms with Gasteiger partial charge in [-0.1, -0.05) is 23.9 Å². The fourth-order valence-corrected chi connectivity index (χ4v) is 4.78. The van der Waals surface area contributed by atoms with Crippen LogP contribution in [0, 0.1) is 11.7 Å². The fraction of sp³-hybridized carbons (Fsp3) is 0.500. The predicted octanol–water partition coefficient (Wildman–Crippen LogP) is 3.89. The van der Waals surface area contributed by atoms with Crippen molar-refractivity contribution in [3.05, 3.63) is 35.6 Å². The van der Waals surface area contributed by atoms with Gasteiger partial charge in [0.1, 0.15) is 11.9 Å². The molecule has 1 fully saturated rings. The van der Waals surface area contributed by atoms with Gasteiger partial charge in [0.2, 0.25) is 0 Å². The third-order valence-corrected chi connectivity index (χ3v) is 6.63. The number of halogens is 1. The molecule has 0 saturated carbocycles. The Labute approximate surface area is 167 Å². The molecule has 1 aromatic rings. The third kappa shape index (κ3) is 4.50. The lowest BCUT2D eigenvalue weighted by Gasteiger charge is -2.33. The minimum absolute atomic E-state index is 0.158. The number of carboxylic acid groups (broad SMARTS) is 1. The maximum Gasteiger partial charge on any atom is 0.521 e. The molecule has 8 heteroatoms. The highest BCUT2D eigenvalue weighted by molar-refractivity contribution is 8.14. The van der Waals surface area contributed by atoms with Crippen molar-refractivity contribution in [1.82, 2.24) is 0 Å². The number of amides is 2. The van der Waals surface area contributed by atoms with Crippen LogP contribution in [0.3, 0.4) is 0 Å². The molecule has 1 aromatic carbocycles. The third-order valence-electron chi connectivity index (χ3n) is 5.42. The van der Waals surface area contributed by atoms with Crippen molar-refractivity contribution in [2.24, 2.45) is 5.92 Å². The van der Waals surface area contributed by atoms with Gasteiger partial charge in [-0.05, 0) is 26.0 Å². The van der Waals surface area contributed by atoms with Gasteiger partial charge in [-0.25, -0.2) is 9.18 Å². The number of nitrogens with zero attached hydrogens (tertiary/aromatic N) is 1. The van der Waals surface area contributed by atoms with Gasteiger partial charge >= 0.3 is 12.0 Å². The van der Waals surface area contributed by atoms with Crippen LogP contribution >= 0.6 is 11.8 Å². The Morgan fingerprint density at radius 1 is 1.32 bits per heavy atom. The molecular formula is C20H25FNO5S+. The van der Waals surface area contributed by atoms with Crippen molar-refractivity contribution in [2.75, 3.05) is 6.54 Å². The molecule has 1 N–H and O–H groups in total. The van der Waals surface area contributed by atoms with Crippen LogP contribution in [0.5, 0.6) is 0 Å². The first-order valence-electron chi connectivity index (χ1n) is 9.21. The summed E-state index contributed by atoms with van der Waals surface area (Å²) in [6.45, 7) is 4.84. The number of likely N-dealkylation sites (tertiary alicyclic amines) is 1. The highest BCUT2D eigenvalue weighted by atomic mass is 32.2. The minimum Gasteiger partial charge on any atom is -0.435 e. The Balaban J connectivity index is 2.28. The van der Waals surface area contributed by atoms with Crippen molar-refractivity contribution >= 4 is 34.7 Å². The van der Waals surface area contributed by atoms with Crippen molar-refractivity contribution in [3.8, 4) is 0 Å². The number of benzene rings is 1. The molecule has 4 atom stereocenters. The van der Waals surface area contributed by atoms with Crippen LogP contribution in [0.4, 0.5) is 9.18 Å². The Morgan fingerprint density at radius 3 is 2.50 bits per heavy atom. The zero-order valence-corrected chi connectivity index (χ0v) is 17.0. The van der Waals surface area contributed by atoms with Gasteiger partial charge in [-0.3, -0.25) is 9.59 Å². The number of ketones is 1. The van der Waals surface area contributed by atoms with Gasteiger partial charge in [0.15, 0.2) is 10.9 Å². The average Bonchev–Trinajstić information content (AvgIpc) is 3.02. The normalized spacial score (nSPS) is 23.8. The lowest BCUT2D eigenvalue weighted by molar-refractivity contribution is -0.794. The van der Waals surface area contributed by atoms with Gasteiger partial charge in [-0.2, -0.15) is 9.28 Å². The van der Waals surface area contributed by atoms with Gasteiger partial charge < -0.3 is 5.11 Å². The van der Waals surface area contributed by atoms with E-state index in [4.69, 9.17) is 0 Å². The van der Waals surface area contributed by atoms with E-state index in [1.54, 1.807) is 13.8 Å². The Hall–Kier alpha value is -2.06. The summed E-state index contributed by atoms with van der Waals surface area (Å²) in [5.41, 5.74) is 0.158. The SMILES string of the molecule is CC(=O)S[C@@H](CC(=O)c1cccc(F)c1)C(C)C(=O)[N@+]1(C(=O)O)CCCC1C. The second-order valence-electron chi connectivity index (χ2n) is 7.28. The Kier molecular flexibility index (Phi) is 7.11. The van der Waals surface area contributed by atoms with E-state index >= 15 is 0 Å². The minimum atomic E-state index is -1.20. The molecule has 28 heavy (non-hydrogen) atoms. The molecule has 2 unspecified atom stereocenters. The molecule has 0 radical (unpaired) electrons. The van der Waals surface area contributed by atoms with E-state index in [-0.39, 0.29) is 29.7 Å². The van der Waals surface area contributed by atoms with Crippen LogP contribution in [-0.2, 0) is 9.59 Å². The van der Waals surface area contributed by atoms with Crippen LogP contribution in [0.15, 0.2) is 24.3 Å². The number of imide groups is 1. The standard InChI is InChI=1S/C20H24FNO5S/c1-12-6-5-9-22(12,20(26)27)19(25)13(2)18(28-14(3)23)11-17(24)15-7-4-8-16(21)10-15/h4,7-8,10,12-13,18H,5-6,9,11H2,1-3H3/p+1/t12?,13?,18-,22-/m0/s1. The summed E-state index contributed by atoms with van der Waals surface area (Å²) in [4.78, 5) is 49.5. The van der Waals surface area contributed by atoms with Crippen molar-refractivity contribution < 1.29 is 33.2 Å². The number of thioether (sulfide) groups is 1. The number of carbonyl (C=O) groups excluding carboxylic acids is 3. The summed E-state index contributed by atoms with van der Waals surface area (Å²) >= 11 is 0.856. The van der Waals surface area contributed by atoms with Crippen LogP contribution in [0.2, 0.25) is 0 Å². The summed E-state index contributed by atoms with van der Waals surface area (Å²) in [5.74, 6) is -2.27. The van der Waals surface area contributed by atoms with Crippen LogP contribution < -0.4 is 0 Å². The van der Waals surface area contributed by atoms with E-state index in [1.165, 1.54) is 25.1 Å². The number of Topliss-reactive ketones (excluding diaryl/α,β-unsaturated/α-hetero) is 1. The average molecular weight is 410 g/mol. The molecule has 1 aliphatic rings. The number of rotatable bonds is 6. The monoisotopic (exact) mass is 410 g/mol. The predicted molar refractivity (Wildman–Crippen MR) is 103 cm³/mol. The lowest BCUT2D eigenvalue weighted by atomic mass is 9.97.